The van der Waals surface area contributed by atoms with Gasteiger partial charge in [0, 0.05) is 26.2 Å². The Balaban J connectivity index is 1.52. The summed E-state index contributed by atoms with van der Waals surface area (Å²) in [4.78, 5) is 29.0. The quantitative estimate of drug-likeness (QED) is 0.819. The van der Waals surface area contributed by atoms with E-state index >= 15 is 0 Å². The Bertz CT molecular complexity index is 903. The maximum Gasteiger partial charge on any atom is 0.317 e. The van der Waals surface area contributed by atoms with E-state index in [1.165, 1.54) is 0 Å². The van der Waals surface area contributed by atoms with Crippen LogP contribution in [0.1, 0.15) is 13.3 Å². The molecule has 7 nitrogen and oxygen atoms in total. The minimum atomic E-state index is -0.0687. The molecule has 2 aliphatic rings. The van der Waals surface area contributed by atoms with Crippen molar-refractivity contribution in [3.8, 4) is 16.9 Å². The van der Waals surface area contributed by atoms with Crippen molar-refractivity contribution in [2.45, 2.75) is 19.4 Å². The fourth-order valence-electron chi connectivity index (χ4n) is 3.91. The topological polar surface area (TPSA) is 73.9 Å². The second-order valence-corrected chi connectivity index (χ2v) is 7.74. The van der Waals surface area contributed by atoms with Crippen LogP contribution in [0.5, 0.6) is 5.75 Å². The summed E-state index contributed by atoms with van der Waals surface area (Å²) in [5, 5.41) is 5.94. The molecule has 2 aromatic carbocycles. The number of piperazine rings is 1. The lowest BCUT2D eigenvalue weighted by atomic mass is 10.0. The summed E-state index contributed by atoms with van der Waals surface area (Å²) >= 11 is 0. The Morgan fingerprint density at radius 2 is 2.00 bits per heavy atom. The molecule has 0 radical (unpaired) electrons. The monoisotopic (exact) mass is 408 g/mol. The van der Waals surface area contributed by atoms with Gasteiger partial charge in [0.15, 0.2) is 0 Å². The lowest BCUT2D eigenvalue weighted by Crippen LogP contribution is -2.59. The molecular weight excluding hydrogens is 380 g/mol. The van der Waals surface area contributed by atoms with E-state index in [-0.39, 0.29) is 24.5 Å². The van der Waals surface area contributed by atoms with Gasteiger partial charge in [-0.05, 0) is 29.7 Å². The van der Waals surface area contributed by atoms with Gasteiger partial charge in [0.1, 0.15) is 12.4 Å². The number of carbonyl (C=O) groups is 2. The number of benzene rings is 2. The molecule has 4 rings (SSSR count). The summed E-state index contributed by atoms with van der Waals surface area (Å²) in [6, 6.07) is 15.8. The third-order valence-electron chi connectivity index (χ3n) is 5.56. The minimum absolute atomic E-state index is 0.0309. The average Bonchev–Trinajstić information content (AvgIpc) is 2.84. The molecule has 158 valence electrons. The molecule has 0 aromatic heterocycles. The van der Waals surface area contributed by atoms with E-state index in [0.717, 1.165) is 17.5 Å². The first-order valence-electron chi connectivity index (χ1n) is 10.5. The van der Waals surface area contributed by atoms with Gasteiger partial charge >= 0.3 is 6.03 Å². The second kappa shape index (κ2) is 9.17. The first-order chi connectivity index (χ1) is 14.6. The molecule has 30 heavy (non-hydrogen) atoms. The molecule has 3 amide bonds. The average molecular weight is 409 g/mol. The van der Waals surface area contributed by atoms with E-state index in [1.54, 1.807) is 0 Å². The smallest absolute Gasteiger partial charge is 0.317 e. The van der Waals surface area contributed by atoms with E-state index in [2.05, 4.69) is 15.5 Å². The number of hydrogen-bond acceptors (Lipinski definition) is 4. The molecule has 2 aromatic rings. The van der Waals surface area contributed by atoms with Crippen LogP contribution in [0.3, 0.4) is 0 Å². The predicted molar refractivity (Wildman–Crippen MR) is 117 cm³/mol. The van der Waals surface area contributed by atoms with Gasteiger partial charge in [0.25, 0.3) is 0 Å². The predicted octanol–water partition coefficient (Wildman–Crippen LogP) is 2.79. The van der Waals surface area contributed by atoms with Crippen molar-refractivity contribution in [2.24, 2.45) is 0 Å². The number of carbonyl (C=O) groups excluding carboxylic acids is 2. The Kier molecular flexibility index (Phi) is 6.18. The van der Waals surface area contributed by atoms with Crippen LogP contribution in [0.25, 0.3) is 11.1 Å². The maximum atomic E-state index is 12.7. The van der Waals surface area contributed by atoms with Crippen molar-refractivity contribution in [2.75, 3.05) is 44.6 Å². The molecule has 0 saturated carbocycles. The Hall–Kier alpha value is -3.06. The number of ether oxygens (including phenoxy) is 1. The van der Waals surface area contributed by atoms with Gasteiger partial charge in [-0.1, -0.05) is 43.3 Å². The minimum Gasteiger partial charge on any atom is -0.490 e. The summed E-state index contributed by atoms with van der Waals surface area (Å²) in [6.45, 7) is 5.19. The van der Waals surface area contributed by atoms with Crippen LogP contribution < -0.4 is 15.4 Å². The molecule has 7 heteroatoms. The SMILES string of the molecule is CCCNC(=O)N1CCN2CC(=O)Nc3cc(-c4ccccc4)ccc3OC[C@@H]2C1. The number of anilines is 1. The number of fused-ring (bicyclic) bond motifs is 2. The van der Waals surface area contributed by atoms with Crippen molar-refractivity contribution in [1.82, 2.24) is 15.1 Å². The molecule has 0 bridgehead atoms. The third kappa shape index (κ3) is 4.57. The second-order valence-electron chi connectivity index (χ2n) is 7.74. The maximum absolute atomic E-state index is 12.7. The zero-order valence-corrected chi connectivity index (χ0v) is 17.3. The van der Waals surface area contributed by atoms with Crippen LogP contribution in [0.15, 0.2) is 48.5 Å². The summed E-state index contributed by atoms with van der Waals surface area (Å²) in [6.07, 6.45) is 0.903. The normalized spacial score (nSPS) is 19.3. The molecule has 1 fully saturated rings. The number of amides is 3. The summed E-state index contributed by atoms with van der Waals surface area (Å²) in [7, 11) is 0. The van der Waals surface area contributed by atoms with E-state index in [4.69, 9.17) is 4.74 Å². The van der Waals surface area contributed by atoms with E-state index in [9.17, 15) is 9.59 Å². The molecule has 0 unspecified atom stereocenters. The third-order valence-corrected chi connectivity index (χ3v) is 5.56. The van der Waals surface area contributed by atoms with Crippen molar-refractivity contribution in [3.05, 3.63) is 48.5 Å². The van der Waals surface area contributed by atoms with Crippen LogP contribution in [-0.4, -0.2) is 67.1 Å². The van der Waals surface area contributed by atoms with Crippen molar-refractivity contribution >= 4 is 17.6 Å². The highest BCUT2D eigenvalue weighted by Gasteiger charge is 2.32. The Labute approximate surface area is 177 Å². The molecule has 0 spiro atoms. The number of hydrogen-bond donors (Lipinski definition) is 2. The number of urea groups is 1. The van der Waals surface area contributed by atoms with Gasteiger partial charge in [-0.25, -0.2) is 4.79 Å². The Morgan fingerprint density at radius 3 is 2.80 bits per heavy atom. The lowest BCUT2D eigenvalue weighted by Gasteiger charge is -2.40. The fraction of sp³-hybridized carbons (Fsp3) is 0.391. The molecule has 0 aliphatic carbocycles. The van der Waals surface area contributed by atoms with Gasteiger partial charge in [0.2, 0.25) is 5.91 Å². The van der Waals surface area contributed by atoms with Crippen LogP contribution in [0, 0.1) is 0 Å². The molecule has 1 atom stereocenters. The zero-order valence-electron chi connectivity index (χ0n) is 17.3. The van der Waals surface area contributed by atoms with Crippen molar-refractivity contribution in [1.29, 1.82) is 0 Å². The van der Waals surface area contributed by atoms with E-state index in [0.29, 0.717) is 44.2 Å². The van der Waals surface area contributed by atoms with Gasteiger partial charge in [-0.2, -0.15) is 0 Å². The summed E-state index contributed by atoms with van der Waals surface area (Å²) < 4.78 is 6.11. The highest BCUT2D eigenvalue weighted by molar-refractivity contribution is 5.94. The molecule has 2 aliphatic heterocycles. The fourth-order valence-corrected chi connectivity index (χ4v) is 3.91. The van der Waals surface area contributed by atoms with Crippen LogP contribution in [0.2, 0.25) is 0 Å². The number of nitrogens with one attached hydrogen (secondary N) is 2. The highest BCUT2D eigenvalue weighted by atomic mass is 16.5. The first-order valence-corrected chi connectivity index (χ1v) is 10.5. The van der Waals surface area contributed by atoms with Crippen LogP contribution in [0.4, 0.5) is 10.5 Å². The van der Waals surface area contributed by atoms with Gasteiger partial charge in [-0.3, -0.25) is 9.69 Å². The lowest BCUT2D eigenvalue weighted by molar-refractivity contribution is -0.118. The van der Waals surface area contributed by atoms with Crippen molar-refractivity contribution < 1.29 is 14.3 Å². The van der Waals surface area contributed by atoms with Crippen LogP contribution in [-0.2, 0) is 4.79 Å². The first kappa shape index (κ1) is 20.2. The zero-order chi connectivity index (χ0) is 20.9. The molecular formula is C23H28N4O3. The van der Waals surface area contributed by atoms with Gasteiger partial charge in [-0.15, -0.1) is 0 Å². The summed E-state index contributed by atoms with van der Waals surface area (Å²) in [5.41, 5.74) is 2.79. The largest absolute Gasteiger partial charge is 0.490 e. The Morgan fingerprint density at radius 1 is 1.17 bits per heavy atom. The number of nitrogens with zero attached hydrogens (tertiary/aromatic N) is 2. The number of rotatable bonds is 3. The molecule has 2 N–H and O–H groups in total. The van der Waals surface area contributed by atoms with Crippen molar-refractivity contribution in [3.63, 3.8) is 0 Å². The van der Waals surface area contributed by atoms with Gasteiger partial charge in [0.05, 0.1) is 18.3 Å². The van der Waals surface area contributed by atoms with E-state index < -0.39 is 0 Å². The highest BCUT2D eigenvalue weighted by Crippen LogP contribution is 2.32. The van der Waals surface area contributed by atoms with Crippen LogP contribution >= 0.6 is 0 Å². The molecule has 2 heterocycles. The standard InChI is InChI=1S/C23H28N4O3/c1-2-10-24-23(29)27-12-11-26-15-22(28)25-20-13-18(17-6-4-3-5-7-17)8-9-21(20)30-16-19(26)14-27/h3-9,13,19H,2,10-12,14-16H2,1H3,(H,24,29)(H,25,28)/t19-/m0/s1. The molecule has 1 saturated heterocycles. The van der Waals surface area contributed by atoms with E-state index in [1.807, 2.05) is 60.4 Å². The summed E-state index contributed by atoms with van der Waals surface area (Å²) in [5.74, 6) is 0.582. The van der Waals surface area contributed by atoms with Gasteiger partial charge < -0.3 is 20.3 Å².